The van der Waals surface area contributed by atoms with Gasteiger partial charge in [0.15, 0.2) is 0 Å². The van der Waals surface area contributed by atoms with E-state index >= 15 is 0 Å². The van der Waals surface area contributed by atoms with Gasteiger partial charge >= 0.3 is 0 Å². The van der Waals surface area contributed by atoms with Crippen LogP contribution in [0.15, 0.2) is 35.0 Å². The molecule has 2 rings (SSSR count). The number of rotatable bonds is 3. The van der Waals surface area contributed by atoms with Crippen molar-refractivity contribution < 1.29 is 23.5 Å². The molecule has 17 heavy (non-hydrogen) atoms. The Balaban J connectivity index is 2.01. The molecule has 2 aromatic rings. The number of aromatic nitrogens is 2. The minimum Gasteiger partial charge on any atom is -0.539 e. The highest BCUT2D eigenvalue weighted by molar-refractivity contribution is 5.89. The maximum absolute atomic E-state index is 13.2. The molecule has 0 radical (unpaired) electrons. The van der Waals surface area contributed by atoms with E-state index in [0.29, 0.717) is 0 Å². The molecule has 0 aliphatic heterocycles. The van der Waals surface area contributed by atoms with Crippen molar-refractivity contribution in [3.63, 3.8) is 0 Å². The number of nitrogens with one attached hydrogen (secondary N) is 1. The van der Waals surface area contributed by atoms with Crippen molar-refractivity contribution in [2.45, 2.75) is 6.54 Å². The number of carbonyl (C=O) groups excluding carboxylic acids is 1. The van der Waals surface area contributed by atoms with Crippen LogP contribution in [-0.4, -0.2) is 11.2 Å². The quantitative estimate of drug-likeness (QED) is 0.750. The van der Waals surface area contributed by atoms with E-state index in [1.54, 1.807) is 6.07 Å². The van der Waals surface area contributed by atoms with Gasteiger partial charge in [0.05, 0.1) is 11.0 Å². The van der Waals surface area contributed by atoms with Crippen LogP contribution in [0.2, 0.25) is 0 Å². The zero-order chi connectivity index (χ0) is 12.3. The second-order valence-corrected chi connectivity index (χ2v) is 3.25. The first-order valence-electron chi connectivity index (χ1n) is 4.73. The van der Waals surface area contributed by atoms with E-state index in [9.17, 15) is 14.3 Å². The van der Waals surface area contributed by atoms with E-state index in [1.807, 2.05) is 0 Å². The summed E-state index contributed by atoms with van der Waals surface area (Å²) in [6.45, 7) is -0.222. The van der Waals surface area contributed by atoms with Crippen LogP contribution in [-0.2, 0) is 11.3 Å². The van der Waals surface area contributed by atoms with E-state index in [-0.39, 0.29) is 12.2 Å². The van der Waals surface area contributed by atoms with Crippen molar-refractivity contribution in [2.24, 2.45) is 0 Å². The summed E-state index contributed by atoms with van der Waals surface area (Å²) >= 11 is 0. The van der Waals surface area contributed by atoms with Crippen LogP contribution in [0.1, 0.15) is 0 Å². The standard InChI is InChI=1S/C10H8FN3O3/c11-7-3-1-2-4-8(7)12-9(15)5-14-6-10(16)17-13-14/h1-4,6H,5H2,(H-,12,13,15,16). The Morgan fingerprint density at radius 3 is 2.94 bits per heavy atom. The number of amides is 1. The SMILES string of the molecule is O=C(C[n+]1cc([O-])on1)Nc1ccccc1F. The molecular formula is C10H8FN3O3. The number of nitrogens with zero attached hydrogens (tertiary/aromatic N) is 2. The fourth-order valence-electron chi connectivity index (χ4n) is 1.24. The zero-order valence-corrected chi connectivity index (χ0v) is 8.59. The fraction of sp³-hybridized carbons (Fsp3) is 0.100. The summed E-state index contributed by atoms with van der Waals surface area (Å²) in [7, 11) is 0. The van der Waals surface area contributed by atoms with Gasteiger partial charge in [0.25, 0.3) is 12.5 Å². The van der Waals surface area contributed by atoms with E-state index < -0.39 is 17.7 Å². The molecular weight excluding hydrogens is 229 g/mol. The molecule has 1 amide bonds. The van der Waals surface area contributed by atoms with Gasteiger partial charge in [0.1, 0.15) is 11.8 Å². The van der Waals surface area contributed by atoms with Crippen LogP contribution in [0.4, 0.5) is 10.1 Å². The van der Waals surface area contributed by atoms with Crippen molar-refractivity contribution in [3.8, 4) is 5.95 Å². The zero-order valence-electron chi connectivity index (χ0n) is 8.59. The van der Waals surface area contributed by atoms with Gasteiger partial charge in [0.2, 0.25) is 6.20 Å². The third-order valence-corrected chi connectivity index (χ3v) is 1.94. The monoisotopic (exact) mass is 237 g/mol. The van der Waals surface area contributed by atoms with E-state index in [2.05, 4.69) is 15.1 Å². The molecule has 0 aliphatic rings. The van der Waals surface area contributed by atoms with Crippen molar-refractivity contribution in [1.82, 2.24) is 5.27 Å². The van der Waals surface area contributed by atoms with Crippen LogP contribution in [0.5, 0.6) is 5.95 Å². The van der Waals surface area contributed by atoms with Gasteiger partial charge in [-0.1, -0.05) is 16.8 Å². The van der Waals surface area contributed by atoms with Gasteiger partial charge in [-0.15, -0.1) is 0 Å². The number of benzene rings is 1. The lowest BCUT2D eigenvalue weighted by atomic mass is 10.3. The molecule has 0 saturated heterocycles. The lowest BCUT2D eigenvalue weighted by Crippen LogP contribution is -2.41. The molecule has 7 heteroatoms. The number of para-hydroxylation sites is 1. The molecule has 0 saturated carbocycles. The molecule has 0 aliphatic carbocycles. The molecule has 88 valence electrons. The first-order chi connectivity index (χ1) is 8.15. The summed E-state index contributed by atoms with van der Waals surface area (Å²) in [5.41, 5.74) is 0.0731. The minimum atomic E-state index is -0.649. The summed E-state index contributed by atoms with van der Waals surface area (Å²) in [4.78, 5) is 11.5. The first-order valence-corrected chi connectivity index (χ1v) is 4.73. The molecule has 0 unspecified atom stereocenters. The van der Waals surface area contributed by atoms with Crippen LogP contribution in [0, 0.1) is 5.82 Å². The molecule has 0 spiro atoms. The van der Waals surface area contributed by atoms with E-state index in [1.165, 1.54) is 18.2 Å². The summed E-state index contributed by atoms with van der Waals surface area (Å²) in [6, 6.07) is 5.77. The number of halogens is 1. The molecule has 1 heterocycles. The molecule has 1 N–H and O–H groups in total. The van der Waals surface area contributed by atoms with Gasteiger partial charge < -0.3 is 14.9 Å². The topological polar surface area (TPSA) is 82.1 Å². The Kier molecular flexibility index (Phi) is 2.99. The van der Waals surface area contributed by atoms with Crippen molar-refractivity contribution in [2.75, 3.05) is 5.32 Å². The average molecular weight is 237 g/mol. The lowest BCUT2D eigenvalue weighted by Gasteiger charge is -2.02. The minimum absolute atomic E-state index is 0.0731. The predicted octanol–water partition coefficient (Wildman–Crippen LogP) is -0.187. The summed E-state index contributed by atoms with van der Waals surface area (Å²) < 4.78 is 18.5. The Morgan fingerprint density at radius 2 is 2.29 bits per heavy atom. The largest absolute Gasteiger partial charge is 0.539 e. The molecule has 6 nitrogen and oxygen atoms in total. The number of carbonyl (C=O) groups is 1. The van der Waals surface area contributed by atoms with E-state index in [0.717, 1.165) is 10.9 Å². The van der Waals surface area contributed by atoms with Crippen LogP contribution >= 0.6 is 0 Å². The second-order valence-electron chi connectivity index (χ2n) is 3.25. The maximum Gasteiger partial charge on any atom is 0.293 e. The average Bonchev–Trinajstić information content (AvgIpc) is 2.67. The number of anilines is 1. The van der Waals surface area contributed by atoms with Crippen molar-refractivity contribution in [1.29, 1.82) is 0 Å². The maximum atomic E-state index is 13.2. The molecule has 0 atom stereocenters. The van der Waals surface area contributed by atoms with Gasteiger partial charge in [-0.3, -0.25) is 4.79 Å². The molecule has 0 fully saturated rings. The molecule has 0 bridgehead atoms. The van der Waals surface area contributed by atoms with Crippen molar-refractivity contribution >= 4 is 11.6 Å². The van der Waals surface area contributed by atoms with Gasteiger partial charge in [0, 0.05) is 0 Å². The third kappa shape index (κ3) is 2.77. The summed E-state index contributed by atoms with van der Waals surface area (Å²) in [6.07, 6.45) is 1.03. The number of hydrogen-bond donors (Lipinski definition) is 1. The Morgan fingerprint density at radius 1 is 1.53 bits per heavy atom. The first kappa shape index (κ1) is 11.1. The second kappa shape index (κ2) is 4.60. The summed E-state index contributed by atoms with van der Waals surface area (Å²) in [5.74, 6) is -1.69. The van der Waals surface area contributed by atoms with Crippen LogP contribution in [0.3, 0.4) is 0 Å². The fourth-order valence-corrected chi connectivity index (χ4v) is 1.24. The highest BCUT2D eigenvalue weighted by Gasteiger charge is 2.13. The van der Waals surface area contributed by atoms with Crippen molar-refractivity contribution in [3.05, 3.63) is 36.3 Å². The predicted molar refractivity (Wildman–Crippen MR) is 51.2 cm³/mol. The van der Waals surface area contributed by atoms with E-state index in [4.69, 9.17) is 0 Å². The molecule has 1 aromatic heterocycles. The summed E-state index contributed by atoms with van der Waals surface area (Å²) in [5, 5.41) is 16.3. The molecule has 1 aromatic carbocycles. The number of hydrogen-bond acceptors (Lipinski definition) is 4. The van der Waals surface area contributed by atoms with Crippen LogP contribution in [0.25, 0.3) is 0 Å². The highest BCUT2D eigenvalue weighted by atomic mass is 19.1. The lowest BCUT2D eigenvalue weighted by molar-refractivity contribution is -0.750. The highest BCUT2D eigenvalue weighted by Crippen LogP contribution is 2.11. The van der Waals surface area contributed by atoms with Crippen LogP contribution < -0.4 is 15.1 Å². The Hall–Kier alpha value is -2.44. The Labute approximate surface area is 95.3 Å². The third-order valence-electron chi connectivity index (χ3n) is 1.94. The van der Waals surface area contributed by atoms with Gasteiger partial charge in [-0.05, 0) is 12.1 Å². The van der Waals surface area contributed by atoms with Gasteiger partial charge in [-0.2, -0.15) is 0 Å². The normalized spacial score (nSPS) is 10.2. The smallest absolute Gasteiger partial charge is 0.293 e. The Bertz CT molecular complexity index is 541. The van der Waals surface area contributed by atoms with Gasteiger partial charge in [-0.25, -0.2) is 4.39 Å².